The van der Waals surface area contributed by atoms with Crippen LogP contribution in [0.2, 0.25) is 5.02 Å². The van der Waals surface area contributed by atoms with Gasteiger partial charge in [-0.15, -0.1) is 0 Å². The highest BCUT2D eigenvalue weighted by molar-refractivity contribution is 6.30. The van der Waals surface area contributed by atoms with E-state index in [1.165, 1.54) is 6.33 Å². The Bertz CT molecular complexity index is 1150. The zero-order chi connectivity index (χ0) is 24.7. The number of nitrogens with zero attached hydrogens (tertiary/aromatic N) is 4. The smallest absolute Gasteiger partial charge is 0.232 e. The number of carbonyl (C=O) groups is 2. The Morgan fingerprint density at radius 3 is 2.60 bits per heavy atom. The monoisotopic (exact) mass is 494 g/mol. The largest absolute Gasteiger partial charge is 0.346 e. The molecule has 0 radical (unpaired) electrons. The number of piperazine rings is 1. The maximum absolute atomic E-state index is 13.9. The molecule has 1 aliphatic carbocycles. The van der Waals surface area contributed by atoms with E-state index in [0.717, 1.165) is 16.9 Å². The maximum Gasteiger partial charge on any atom is 0.232 e. The second-order valence-corrected chi connectivity index (χ2v) is 10.3. The average Bonchev–Trinajstić information content (AvgIpc) is 2.79. The predicted molar refractivity (Wildman–Crippen MR) is 137 cm³/mol. The number of fused-ring (bicyclic) bond motifs is 2. The maximum atomic E-state index is 13.9. The fourth-order valence-electron chi connectivity index (χ4n) is 5.23. The van der Waals surface area contributed by atoms with Crippen molar-refractivity contribution in [3.63, 3.8) is 0 Å². The number of hydrogen-bond acceptors (Lipinski definition) is 6. The highest BCUT2D eigenvalue weighted by atomic mass is 35.5. The summed E-state index contributed by atoms with van der Waals surface area (Å²) in [7, 11) is 0. The lowest BCUT2D eigenvalue weighted by Gasteiger charge is -2.51. The first-order valence-electron chi connectivity index (χ1n) is 12.2. The molecular formula is C26H31ClN6O2. The quantitative estimate of drug-likeness (QED) is 0.599. The highest BCUT2D eigenvalue weighted by Gasteiger charge is 2.44. The number of anilines is 2. The topological polar surface area (TPSA) is 90.5 Å². The molecule has 3 heterocycles. The van der Waals surface area contributed by atoms with Crippen LogP contribution < -0.4 is 15.5 Å². The van der Waals surface area contributed by atoms with Crippen molar-refractivity contribution in [1.82, 2.24) is 20.2 Å². The van der Waals surface area contributed by atoms with E-state index in [1.807, 2.05) is 36.1 Å². The number of benzene rings is 1. The summed E-state index contributed by atoms with van der Waals surface area (Å²) in [6.45, 7) is 8.02. The van der Waals surface area contributed by atoms with Gasteiger partial charge in [0.2, 0.25) is 11.8 Å². The van der Waals surface area contributed by atoms with Crippen molar-refractivity contribution in [2.75, 3.05) is 29.9 Å². The van der Waals surface area contributed by atoms with Gasteiger partial charge < -0.3 is 20.4 Å². The zero-order valence-corrected chi connectivity index (χ0v) is 21.0. The Morgan fingerprint density at radius 2 is 1.91 bits per heavy atom. The normalized spacial score (nSPS) is 23.9. The number of halogens is 1. The Kier molecular flexibility index (Phi) is 6.51. The summed E-state index contributed by atoms with van der Waals surface area (Å²) in [4.78, 5) is 39.1. The van der Waals surface area contributed by atoms with E-state index in [9.17, 15) is 9.59 Å². The van der Waals surface area contributed by atoms with Gasteiger partial charge in [0.25, 0.3) is 0 Å². The van der Waals surface area contributed by atoms with Crippen LogP contribution in [0.15, 0.2) is 42.7 Å². The van der Waals surface area contributed by atoms with Gasteiger partial charge in [-0.1, -0.05) is 56.7 Å². The fraction of sp³-hybridized carbons (Fsp3) is 0.462. The van der Waals surface area contributed by atoms with Gasteiger partial charge in [0.1, 0.15) is 18.0 Å². The molecule has 0 bridgehead atoms. The summed E-state index contributed by atoms with van der Waals surface area (Å²) in [5.41, 5.74) is 1.94. The van der Waals surface area contributed by atoms with Gasteiger partial charge in [-0.2, -0.15) is 0 Å². The summed E-state index contributed by atoms with van der Waals surface area (Å²) in [5.74, 6) is 1.29. The summed E-state index contributed by atoms with van der Waals surface area (Å²) in [6.07, 6.45) is 6.16. The van der Waals surface area contributed by atoms with Crippen LogP contribution in [0.1, 0.15) is 50.2 Å². The lowest BCUT2D eigenvalue weighted by molar-refractivity contribution is -0.135. The molecule has 35 heavy (non-hydrogen) atoms. The van der Waals surface area contributed by atoms with Gasteiger partial charge >= 0.3 is 0 Å². The Hall–Kier alpha value is -2.97. The molecule has 8 nitrogen and oxygen atoms in total. The van der Waals surface area contributed by atoms with Crippen molar-refractivity contribution in [2.45, 2.75) is 57.2 Å². The first kappa shape index (κ1) is 23.8. The Balaban J connectivity index is 1.39. The van der Waals surface area contributed by atoms with Crippen molar-refractivity contribution in [3.8, 4) is 0 Å². The van der Waals surface area contributed by atoms with Crippen LogP contribution in [0.3, 0.4) is 0 Å². The number of aromatic nitrogens is 2. The zero-order valence-electron chi connectivity index (χ0n) is 20.2. The van der Waals surface area contributed by atoms with Crippen LogP contribution in [-0.2, 0) is 9.59 Å². The second kappa shape index (κ2) is 9.59. The molecule has 1 aromatic carbocycles. The summed E-state index contributed by atoms with van der Waals surface area (Å²) in [5, 5.41) is 6.98. The highest BCUT2D eigenvalue weighted by Crippen LogP contribution is 2.40. The van der Waals surface area contributed by atoms with Crippen LogP contribution in [-0.4, -0.2) is 64.4 Å². The number of nitrogens with one attached hydrogen (secondary N) is 2. The van der Waals surface area contributed by atoms with E-state index in [1.54, 1.807) is 0 Å². The van der Waals surface area contributed by atoms with E-state index < -0.39 is 0 Å². The van der Waals surface area contributed by atoms with Crippen molar-refractivity contribution in [3.05, 3.63) is 58.9 Å². The summed E-state index contributed by atoms with van der Waals surface area (Å²) >= 11 is 6.11. The third kappa shape index (κ3) is 4.52. The molecule has 1 saturated heterocycles. The van der Waals surface area contributed by atoms with Crippen molar-refractivity contribution in [1.29, 1.82) is 0 Å². The molecule has 9 heteroatoms. The molecule has 184 valence electrons. The Morgan fingerprint density at radius 1 is 1.17 bits per heavy atom. The SMILES string of the molecule is CC(C)NC[C@@H](C(=O)N1CCN(c2ncnc3c2[C@H](C)CC(=O)N3)[C@H]2C=C[C@H]21)c1ccc(Cl)cc1. The molecule has 4 atom stereocenters. The minimum atomic E-state index is -0.294. The molecule has 3 aliphatic rings. The lowest BCUT2D eigenvalue weighted by Crippen LogP contribution is -2.64. The molecule has 0 spiro atoms. The third-order valence-corrected chi connectivity index (χ3v) is 7.37. The molecule has 2 amide bonds. The van der Waals surface area contributed by atoms with Gasteiger partial charge in [0.15, 0.2) is 0 Å². The van der Waals surface area contributed by atoms with E-state index in [-0.39, 0.29) is 41.8 Å². The predicted octanol–water partition coefficient (Wildman–Crippen LogP) is 3.31. The van der Waals surface area contributed by atoms with Gasteiger partial charge in [-0.05, 0) is 23.6 Å². The first-order valence-corrected chi connectivity index (χ1v) is 12.6. The van der Waals surface area contributed by atoms with Crippen molar-refractivity contribution in [2.24, 2.45) is 0 Å². The molecule has 1 fully saturated rings. The molecular weight excluding hydrogens is 464 g/mol. The van der Waals surface area contributed by atoms with Crippen LogP contribution in [0.4, 0.5) is 11.6 Å². The first-order chi connectivity index (χ1) is 16.8. The average molecular weight is 495 g/mol. The van der Waals surface area contributed by atoms with E-state index in [0.29, 0.717) is 36.9 Å². The number of hydrogen-bond donors (Lipinski definition) is 2. The van der Waals surface area contributed by atoms with Gasteiger partial charge in [0.05, 0.1) is 18.0 Å². The molecule has 2 aromatic rings. The molecule has 2 N–H and O–H groups in total. The summed E-state index contributed by atoms with van der Waals surface area (Å²) in [6, 6.07) is 7.87. The second-order valence-electron chi connectivity index (χ2n) is 9.87. The van der Waals surface area contributed by atoms with Crippen LogP contribution in [0.25, 0.3) is 0 Å². The molecule has 1 aromatic heterocycles. The van der Waals surface area contributed by atoms with E-state index >= 15 is 0 Å². The minimum Gasteiger partial charge on any atom is -0.346 e. The number of carbonyl (C=O) groups excluding carboxylic acids is 2. The van der Waals surface area contributed by atoms with E-state index in [2.05, 4.69) is 51.5 Å². The van der Waals surface area contributed by atoms with E-state index in [4.69, 9.17) is 11.6 Å². The fourth-order valence-corrected chi connectivity index (χ4v) is 5.36. The lowest BCUT2D eigenvalue weighted by atomic mass is 9.87. The van der Waals surface area contributed by atoms with Gasteiger partial charge in [-0.25, -0.2) is 9.97 Å². The van der Waals surface area contributed by atoms with Crippen LogP contribution >= 0.6 is 11.6 Å². The minimum absolute atomic E-state index is 0.0188. The summed E-state index contributed by atoms with van der Waals surface area (Å²) < 4.78 is 0. The Labute approximate surface area is 210 Å². The van der Waals surface area contributed by atoms with Crippen molar-refractivity contribution >= 4 is 35.1 Å². The molecule has 0 unspecified atom stereocenters. The van der Waals surface area contributed by atoms with Crippen LogP contribution in [0, 0.1) is 0 Å². The molecule has 0 saturated carbocycles. The van der Waals surface area contributed by atoms with Gasteiger partial charge in [0, 0.05) is 42.7 Å². The van der Waals surface area contributed by atoms with Gasteiger partial charge in [-0.3, -0.25) is 9.59 Å². The number of amides is 2. The third-order valence-electron chi connectivity index (χ3n) is 7.12. The van der Waals surface area contributed by atoms with Crippen LogP contribution in [0.5, 0.6) is 0 Å². The number of rotatable bonds is 6. The molecule has 5 rings (SSSR count). The standard InChI is InChI=1S/C26H31ClN6O2/c1-15(2)28-13-19(17-4-6-18(27)7-5-17)26(35)33-11-10-32(20-8-9-21(20)33)25-23-16(3)12-22(34)31-24(23)29-14-30-25/h4-9,14-16,19-21,28H,10-13H2,1-3H3,(H,29,30,31,34)/t16-,19-,20+,21-/m1/s1. The van der Waals surface area contributed by atoms with Crippen molar-refractivity contribution < 1.29 is 9.59 Å². The molecule has 2 aliphatic heterocycles.